The lowest BCUT2D eigenvalue weighted by molar-refractivity contribution is -0.252. The number of carboxylic acid groups (broad SMARTS) is 1. The highest BCUT2D eigenvalue weighted by atomic mass is 17.1. The molecule has 0 aliphatic heterocycles. The van der Waals surface area contributed by atoms with Crippen molar-refractivity contribution in [1.29, 1.82) is 0 Å². The summed E-state index contributed by atoms with van der Waals surface area (Å²) in [4.78, 5) is 13.5. The molecule has 0 heterocycles. The SMILES string of the molecule is O=C(O)COCOCCOO. The van der Waals surface area contributed by atoms with Crippen molar-refractivity contribution in [2.45, 2.75) is 0 Å². The molecule has 11 heavy (non-hydrogen) atoms. The summed E-state index contributed by atoms with van der Waals surface area (Å²) in [6.45, 7) is -0.303. The highest BCUT2D eigenvalue weighted by Gasteiger charge is 1.94. The predicted molar refractivity (Wildman–Crippen MR) is 33.0 cm³/mol. The molecule has 0 rings (SSSR count). The van der Waals surface area contributed by atoms with Crippen LogP contribution < -0.4 is 0 Å². The van der Waals surface area contributed by atoms with Crippen molar-refractivity contribution in [2.75, 3.05) is 26.6 Å². The number of carboxylic acids is 1. The molecule has 0 saturated carbocycles. The van der Waals surface area contributed by atoms with Crippen molar-refractivity contribution in [3.05, 3.63) is 0 Å². The van der Waals surface area contributed by atoms with Crippen molar-refractivity contribution in [2.24, 2.45) is 0 Å². The minimum atomic E-state index is -1.05. The van der Waals surface area contributed by atoms with Crippen LogP contribution in [0.4, 0.5) is 0 Å². The van der Waals surface area contributed by atoms with E-state index >= 15 is 0 Å². The average molecular weight is 166 g/mol. The van der Waals surface area contributed by atoms with Crippen LogP contribution in [0, 0.1) is 0 Å². The van der Waals surface area contributed by atoms with E-state index in [2.05, 4.69) is 14.4 Å². The molecule has 0 aromatic carbocycles. The average Bonchev–Trinajstić information content (AvgIpc) is 1.96. The Kier molecular flexibility index (Phi) is 6.95. The van der Waals surface area contributed by atoms with Crippen LogP contribution in [0.5, 0.6) is 0 Å². The third kappa shape index (κ3) is 9.31. The summed E-state index contributed by atoms with van der Waals surface area (Å²) in [5.74, 6) is -1.05. The van der Waals surface area contributed by atoms with Gasteiger partial charge < -0.3 is 14.6 Å². The second-order valence-corrected chi connectivity index (χ2v) is 1.60. The van der Waals surface area contributed by atoms with Crippen LogP contribution >= 0.6 is 0 Å². The predicted octanol–water partition coefficient (Wildman–Crippen LogP) is -0.449. The van der Waals surface area contributed by atoms with Gasteiger partial charge in [-0.3, -0.25) is 5.26 Å². The molecule has 0 bridgehead atoms. The van der Waals surface area contributed by atoms with Crippen LogP contribution in [0.1, 0.15) is 0 Å². The van der Waals surface area contributed by atoms with Gasteiger partial charge in [-0.05, 0) is 0 Å². The number of carbonyl (C=O) groups is 1. The van der Waals surface area contributed by atoms with Crippen molar-refractivity contribution < 1.29 is 29.5 Å². The first-order chi connectivity index (χ1) is 5.27. The molecule has 0 spiro atoms. The fourth-order valence-corrected chi connectivity index (χ4v) is 0.343. The van der Waals surface area contributed by atoms with E-state index in [1.807, 2.05) is 0 Å². The van der Waals surface area contributed by atoms with E-state index in [4.69, 9.17) is 10.4 Å². The smallest absolute Gasteiger partial charge is 0.329 e. The molecule has 66 valence electrons. The number of ether oxygens (including phenoxy) is 2. The van der Waals surface area contributed by atoms with Crippen LogP contribution in [0.25, 0.3) is 0 Å². The third-order valence-corrected chi connectivity index (χ3v) is 0.711. The second kappa shape index (κ2) is 7.42. The van der Waals surface area contributed by atoms with E-state index in [1.54, 1.807) is 0 Å². The van der Waals surface area contributed by atoms with Crippen LogP contribution in [-0.2, 0) is 19.2 Å². The quantitative estimate of drug-likeness (QED) is 0.230. The summed E-state index contributed by atoms with van der Waals surface area (Å²) >= 11 is 0. The highest BCUT2D eigenvalue weighted by molar-refractivity contribution is 5.67. The van der Waals surface area contributed by atoms with E-state index in [9.17, 15) is 4.79 Å². The first-order valence-corrected chi connectivity index (χ1v) is 2.91. The molecule has 2 N–H and O–H groups in total. The number of hydrogen-bond donors (Lipinski definition) is 2. The van der Waals surface area contributed by atoms with Crippen LogP contribution in [0.3, 0.4) is 0 Å². The monoisotopic (exact) mass is 166 g/mol. The Hall–Kier alpha value is -0.690. The second-order valence-electron chi connectivity index (χ2n) is 1.60. The van der Waals surface area contributed by atoms with Gasteiger partial charge in [0.05, 0.1) is 6.61 Å². The van der Waals surface area contributed by atoms with Gasteiger partial charge in [0, 0.05) is 0 Å². The van der Waals surface area contributed by atoms with Gasteiger partial charge in [0.15, 0.2) is 0 Å². The van der Waals surface area contributed by atoms with Crippen molar-refractivity contribution in [1.82, 2.24) is 0 Å². The molecule has 0 aromatic rings. The molecule has 0 aromatic heterocycles. The largest absolute Gasteiger partial charge is 0.480 e. The highest BCUT2D eigenvalue weighted by Crippen LogP contribution is 1.78. The van der Waals surface area contributed by atoms with Gasteiger partial charge in [-0.15, -0.1) is 0 Å². The first kappa shape index (κ1) is 10.3. The van der Waals surface area contributed by atoms with E-state index in [-0.39, 0.29) is 26.6 Å². The van der Waals surface area contributed by atoms with E-state index in [1.165, 1.54) is 0 Å². The topological polar surface area (TPSA) is 85.2 Å². The zero-order chi connectivity index (χ0) is 8.53. The maximum Gasteiger partial charge on any atom is 0.329 e. The lowest BCUT2D eigenvalue weighted by Gasteiger charge is -2.01. The van der Waals surface area contributed by atoms with Crippen molar-refractivity contribution >= 4 is 5.97 Å². The molecule has 0 aliphatic carbocycles. The molecule has 6 heteroatoms. The lowest BCUT2D eigenvalue weighted by Crippen LogP contribution is -2.11. The minimum Gasteiger partial charge on any atom is -0.480 e. The zero-order valence-corrected chi connectivity index (χ0v) is 5.86. The molecular formula is C5H10O6. The van der Waals surface area contributed by atoms with Gasteiger partial charge in [0.1, 0.15) is 20.0 Å². The summed E-state index contributed by atoms with van der Waals surface area (Å²) in [6, 6.07) is 0. The zero-order valence-electron chi connectivity index (χ0n) is 5.86. The molecule has 6 nitrogen and oxygen atoms in total. The Morgan fingerprint density at radius 2 is 2.00 bits per heavy atom. The Morgan fingerprint density at radius 1 is 1.27 bits per heavy atom. The fourth-order valence-electron chi connectivity index (χ4n) is 0.343. The molecule has 0 saturated heterocycles. The van der Waals surface area contributed by atoms with Crippen molar-refractivity contribution in [3.63, 3.8) is 0 Å². The Morgan fingerprint density at radius 3 is 2.55 bits per heavy atom. The van der Waals surface area contributed by atoms with Gasteiger partial charge >= 0.3 is 5.97 Å². The maximum atomic E-state index is 9.84. The molecule has 0 aliphatic rings. The number of hydrogen-bond acceptors (Lipinski definition) is 5. The maximum absolute atomic E-state index is 9.84. The van der Waals surface area contributed by atoms with Crippen molar-refractivity contribution in [3.8, 4) is 0 Å². The molecule has 0 radical (unpaired) electrons. The fraction of sp³-hybridized carbons (Fsp3) is 0.800. The minimum absolute atomic E-state index is 0.0381. The van der Waals surface area contributed by atoms with E-state index < -0.39 is 5.97 Å². The standard InChI is InChI=1S/C5H10O6/c6-5(7)3-10-4-9-1-2-11-8/h8H,1-4H2,(H,6,7). The van der Waals surface area contributed by atoms with E-state index in [0.717, 1.165) is 0 Å². The van der Waals surface area contributed by atoms with Crippen LogP contribution in [-0.4, -0.2) is 42.9 Å². The summed E-state index contributed by atoms with van der Waals surface area (Å²) in [6.07, 6.45) is 0. The van der Waals surface area contributed by atoms with Gasteiger partial charge in [0.25, 0.3) is 0 Å². The molecular weight excluding hydrogens is 156 g/mol. The Balaban J connectivity index is 2.85. The van der Waals surface area contributed by atoms with Gasteiger partial charge in [-0.25, -0.2) is 9.68 Å². The van der Waals surface area contributed by atoms with Crippen LogP contribution in [0.15, 0.2) is 0 Å². The normalized spacial score (nSPS) is 9.91. The Bertz CT molecular complexity index is 103. The molecule has 0 amide bonds. The lowest BCUT2D eigenvalue weighted by atomic mass is 10.7. The number of aliphatic carboxylic acids is 1. The van der Waals surface area contributed by atoms with Gasteiger partial charge in [0.2, 0.25) is 0 Å². The van der Waals surface area contributed by atoms with E-state index in [0.29, 0.717) is 0 Å². The number of rotatable bonds is 7. The summed E-state index contributed by atoms with van der Waals surface area (Å²) < 4.78 is 9.14. The van der Waals surface area contributed by atoms with Crippen LogP contribution in [0.2, 0.25) is 0 Å². The van der Waals surface area contributed by atoms with Gasteiger partial charge in [-0.1, -0.05) is 0 Å². The molecule has 0 fully saturated rings. The Labute approximate surface area is 63.2 Å². The summed E-state index contributed by atoms with van der Waals surface area (Å²) in [7, 11) is 0. The summed E-state index contributed by atoms with van der Waals surface area (Å²) in [5, 5.41) is 15.9. The van der Waals surface area contributed by atoms with Gasteiger partial charge in [-0.2, -0.15) is 0 Å². The third-order valence-electron chi connectivity index (χ3n) is 0.711. The summed E-state index contributed by atoms with van der Waals surface area (Å²) in [5.41, 5.74) is 0. The molecule has 0 unspecified atom stereocenters. The molecule has 0 atom stereocenters. The first-order valence-electron chi connectivity index (χ1n) is 2.91.